The Morgan fingerprint density at radius 1 is 1.64 bits per heavy atom. The Hall–Kier alpha value is -0.700. The van der Waals surface area contributed by atoms with Crippen LogP contribution < -0.4 is 0 Å². The summed E-state index contributed by atoms with van der Waals surface area (Å²) in [5.41, 5.74) is 1.12. The van der Waals surface area contributed by atoms with E-state index in [2.05, 4.69) is 10.4 Å². The van der Waals surface area contributed by atoms with Crippen LogP contribution in [0.4, 0.5) is 0 Å². The van der Waals surface area contributed by atoms with E-state index in [0.717, 1.165) is 5.69 Å². The van der Waals surface area contributed by atoms with Gasteiger partial charge in [0.2, 0.25) is 0 Å². The van der Waals surface area contributed by atoms with E-state index in [1.807, 2.05) is 6.92 Å². The molecular weight excluding hydrogens is 158 g/mol. The van der Waals surface area contributed by atoms with Crippen molar-refractivity contribution in [1.82, 2.24) is 4.37 Å². The van der Waals surface area contributed by atoms with Crippen LogP contribution in [0.1, 0.15) is 29.3 Å². The summed E-state index contributed by atoms with van der Waals surface area (Å²) in [5.74, 6) is 0.813. The van der Waals surface area contributed by atoms with Crippen molar-refractivity contribution in [3.05, 3.63) is 16.6 Å². The Kier molecular flexibility index (Phi) is 1.53. The first-order valence-electron chi connectivity index (χ1n) is 3.70. The van der Waals surface area contributed by atoms with Crippen molar-refractivity contribution in [3.63, 3.8) is 0 Å². The summed E-state index contributed by atoms with van der Waals surface area (Å²) in [7, 11) is 0. The number of Topliss-reactive ketones (excluding diaryl/α,β-unsaturated/α-hetero) is 1. The van der Waals surface area contributed by atoms with Gasteiger partial charge in [0, 0.05) is 23.6 Å². The molecule has 1 heterocycles. The molecule has 11 heavy (non-hydrogen) atoms. The van der Waals surface area contributed by atoms with E-state index in [4.69, 9.17) is 0 Å². The quantitative estimate of drug-likeness (QED) is 0.639. The van der Waals surface area contributed by atoms with Crippen molar-refractivity contribution >= 4 is 17.3 Å². The lowest BCUT2D eigenvalue weighted by Gasteiger charge is -2.21. The molecule has 0 radical (unpaired) electrons. The number of carbonyl (C=O) groups excluding carboxylic acids is 1. The molecule has 0 atom stereocenters. The van der Waals surface area contributed by atoms with E-state index in [1.54, 1.807) is 0 Å². The molecule has 0 amide bonds. The maximum absolute atomic E-state index is 10.7. The van der Waals surface area contributed by atoms with E-state index in [0.29, 0.717) is 24.5 Å². The van der Waals surface area contributed by atoms with Gasteiger partial charge in [-0.1, -0.05) is 0 Å². The zero-order valence-electron chi connectivity index (χ0n) is 6.33. The van der Waals surface area contributed by atoms with Crippen LogP contribution in [0.5, 0.6) is 0 Å². The van der Waals surface area contributed by atoms with Gasteiger partial charge in [-0.15, -0.1) is 0 Å². The second-order valence-corrected chi connectivity index (χ2v) is 4.02. The highest BCUT2D eigenvalue weighted by Gasteiger charge is 2.29. The second kappa shape index (κ2) is 2.41. The fourth-order valence-corrected chi connectivity index (χ4v) is 1.90. The number of rotatable bonds is 1. The number of nitrogens with zero attached hydrogens (tertiary/aromatic N) is 1. The highest BCUT2D eigenvalue weighted by atomic mass is 32.1. The van der Waals surface area contributed by atoms with Gasteiger partial charge in [0.25, 0.3) is 0 Å². The maximum Gasteiger partial charge on any atom is 0.134 e. The zero-order valence-corrected chi connectivity index (χ0v) is 7.15. The smallest absolute Gasteiger partial charge is 0.134 e. The lowest BCUT2D eigenvalue weighted by Crippen LogP contribution is -2.21. The zero-order chi connectivity index (χ0) is 7.84. The molecule has 0 bridgehead atoms. The Bertz CT molecular complexity index is 284. The number of hydrogen-bond donors (Lipinski definition) is 0. The molecule has 0 saturated heterocycles. The minimum Gasteiger partial charge on any atom is -0.300 e. The van der Waals surface area contributed by atoms with E-state index in [1.165, 1.54) is 16.4 Å². The molecule has 2 nitrogen and oxygen atoms in total. The molecule has 0 aliphatic heterocycles. The van der Waals surface area contributed by atoms with Gasteiger partial charge in [-0.05, 0) is 24.5 Å². The minimum atomic E-state index is 0.376. The fourth-order valence-electron chi connectivity index (χ4n) is 1.28. The first kappa shape index (κ1) is 6.98. The van der Waals surface area contributed by atoms with Gasteiger partial charge in [-0.2, -0.15) is 4.37 Å². The predicted molar refractivity (Wildman–Crippen MR) is 43.8 cm³/mol. The molecule has 1 aliphatic carbocycles. The molecular formula is C8H9NOS. The van der Waals surface area contributed by atoms with E-state index in [-0.39, 0.29) is 0 Å². The van der Waals surface area contributed by atoms with Crippen LogP contribution >= 0.6 is 11.5 Å². The second-order valence-electron chi connectivity index (χ2n) is 3.01. The largest absolute Gasteiger partial charge is 0.300 e. The SMILES string of the molecule is Cc1cc(C2CC(=O)C2)ns1. The number of ketones is 1. The van der Waals surface area contributed by atoms with Gasteiger partial charge in [-0.25, -0.2) is 0 Å². The van der Waals surface area contributed by atoms with Gasteiger partial charge in [0.15, 0.2) is 0 Å². The lowest BCUT2D eigenvalue weighted by molar-refractivity contribution is -0.124. The molecule has 0 unspecified atom stereocenters. The van der Waals surface area contributed by atoms with Crippen molar-refractivity contribution in [2.24, 2.45) is 0 Å². The summed E-state index contributed by atoms with van der Waals surface area (Å²) >= 11 is 1.52. The van der Waals surface area contributed by atoms with Crippen LogP contribution in [0.15, 0.2) is 6.07 Å². The molecule has 3 heteroatoms. The Morgan fingerprint density at radius 3 is 2.82 bits per heavy atom. The third kappa shape index (κ3) is 1.20. The molecule has 58 valence electrons. The van der Waals surface area contributed by atoms with Gasteiger partial charge >= 0.3 is 0 Å². The topological polar surface area (TPSA) is 30.0 Å². The number of aryl methyl sites for hydroxylation is 1. The fraction of sp³-hybridized carbons (Fsp3) is 0.500. The van der Waals surface area contributed by atoms with Crippen molar-refractivity contribution in [1.29, 1.82) is 0 Å². The van der Waals surface area contributed by atoms with Gasteiger partial charge in [0.1, 0.15) is 5.78 Å². The van der Waals surface area contributed by atoms with Crippen LogP contribution in [0, 0.1) is 6.92 Å². The Labute approximate surface area is 69.4 Å². The summed E-state index contributed by atoms with van der Waals surface area (Å²) in [6.45, 7) is 2.04. The summed E-state index contributed by atoms with van der Waals surface area (Å²) in [4.78, 5) is 11.9. The highest BCUT2D eigenvalue weighted by Crippen LogP contribution is 2.33. The summed E-state index contributed by atoms with van der Waals surface area (Å²) in [5, 5.41) is 0. The average Bonchev–Trinajstić information content (AvgIpc) is 2.29. The third-order valence-electron chi connectivity index (χ3n) is 2.01. The summed E-state index contributed by atoms with van der Waals surface area (Å²) < 4.78 is 4.26. The highest BCUT2D eigenvalue weighted by molar-refractivity contribution is 7.05. The standard InChI is InChI=1S/C8H9NOS/c1-5-2-8(9-11-5)6-3-7(10)4-6/h2,6H,3-4H2,1H3. The first-order valence-corrected chi connectivity index (χ1v) is 4.48. The number of hydrogen-bond acceptors (Lipinski definition) is 3. The van der Waals surface area contributed by atoms with Crippen molar-refractivity contribution < 1.29 is 4.79 Å². The molecule has 1 saturated carbocycles. The Balaban J connectivity index is 2.12. The van der Waals surface area contributed by atoms with Crippen LogP contribution in [0.3, 0.4) is 0 Å². The normalized spacial score (nSPS) is 18.5. The van der Waals surface area contributed by atoms with Crippen LogP contribution in [0.25, 0.3) is 0 Å². The third-order valence-corrected chi connectivity index (χ3v) is 2.72. The van der Waals surface area contributed by atoms with E-state index < -0.39 is 0 Å². The van der Waals surface area contributed by atoms with E-state index in [9.17, 15) is 4.79 Å². The van der Waals surface area contributed by atoms with Crippen molar-refractivity contribution in [2.45, 2.75) is 25.7 Å². The minimum absolute atomic E-state index is 0.376. The van der Waals surface area contributed by atoms with Gasteiger partial charge in [-0.3, -0.25) is 4.79 Å². The van der Waals surface area contributed by atoms with Gasteiger partial charge < -0.3 is 0 Å². The molecule has 1 aromatic heterocycles. The molecule has 0 aromatic carbocycles. The first-order chi connectivity index (χ1) is 5.25. The van der Waals surface area contributed by atoms with Crippen molar-refractivity contribution in [3.8, 4) is 0 Å². The molecule has 1 aliphatic rings. The Morgan fingerprint density at radius 2 is 2.36 bits per heavy atom. The molecule has 1 fully saturated rings. The number of aromatic nitrogens is 1. The molecule has 0 spiro atoms. The molecule has 0 N–H and O–H groups in total. The average molecular weight is 167 g/mol. The summed E-state index contributed by atoms with van der Waals surface area (Å²) in [6.07, 6.45) is 1.42. The summed E-state index contributed by atoms with van der Waals surface area (Å²) in [6, 6.07) is 2.09. The van der Waals surface area contributed by atoms with E-state index >= 15 is 0 Å². The van der Waals surface area contributed by atoms with Gasteiger partial charge in [0.05, 0.1) is 5.69 Å². The molecule has 2 rings (SSSR count). The maximum atomic E-state index is 10.7. The van der Waals surface area contributed by atoms with Crippen molar-refractivity contribution in [2.75, 3.05) is 0 Å². The van der Waals surface area contributed by atoms with Crippen LogP contribution in [-0.4, -0.2) is 10.2 Å². The number of carbonyl (C=O) groups is 1. The predicted octanol–water partition coefficient (Wildman–Crippen LogP) is 1.90. The lowest BCUT2D eigenvalue weighted by atomic mass is 9.82. The van der Waals surface area contributed by atoms with Crippen LogP contribution in [-0.2, 0) is 4.79 Å². The van der Waals surface area contributed by atoms with Crippen LogP contribution in [0.2, 0.25) is 0 Å². The monoisotopic (exact) mass is 167 g/mol. The molecule has 1 aromatic rings.